The Morgan fingerprint density at radius 1 is 1.09 bits per heavy atom. The molecule has 0 atom stereocenters. The Morgan fingerprint density at radius 3 is 2.48 bits per heavy atom. The van der Waals surface area contributed by atoms with Crippen LogP contribution in [0.3, 0.4) is 0 Å². The minimum Gasteiger partial charge on any atom is -0.305 e. The summed E-state index contributed by atoms with van der Waals surface area (Å²) in [5.74, 6) is 1.15. The fraction of sp³-hybridized carbons (Fsp3) is 0.118. The van der Waals surface area contributed by atoms with E-state index in [1.54, 1.807) is 0 Å². The molecule has 116 valence electrons. The number of aromatic nitrogens is 3. The lowest BCUT2D eigenvalue weighted by Crippen LogP contribution is -2.03. The van der Waals surface area contributed by atoms with E-state index in [-0.39, 0.29) is 5.78 Å². The number of benzene rings is 2. The van der Waals surface area contributed by atoms with Crippen LogP contribution in [-0.4, -0.2) is 26.3 Å². The van der Waals surface area contributed by atoms with E-state index in [2.05, 4.69) is 10.2 Å². The molecule has 3 aromatic rings. The summed E-state index contributed by atoms with van der Waals surface area (Å²) in [7, 11) is 1.89. The molecule has 0 aliphatic heterocycles. The number of Topliss-reactive ketones (excluding diaryl/α,β-unsaturated/α-hetero) is 1. The quantitative estimate of drug-likeness (QED) is 0.516. The standard InChI is InChI=1S/C17H14ClN3OS/c1-21-16(13-7-9-14(18)10-8-13)19-20-17(21)23-11-15(22)12-5-3-2-4-6-12/h2-10H,11H2,1H3. The summed E-state index contributed by atoms with van der Waals surface area (Å²) in [6.45, 7) is 0. The Kier molecular flexibility index (Phi) is 4.79. The van der Waals surface area contributed by atoms with Gasteiger partial charge in [-0.1, -0.05) is 53.7 Å². The first-order valence-electron chi connectivity index (χ1n) is 7.01. The van der Waals surface area contributed by atoms with Crippen LogP contribution in [0.25, 0.3) is 11.4 Å². The van der Waals surface area contributed by atoms with Crippen LogP contribution in [0.4, 0.5) is 0 Å². The Bertz CT molecular complexity index is 816. The average Bonchev–Trinajstić information content (AvgIpc) is 2.95. The molecule has 4 nitrogen and oxygen atoms in total. The predicted molar refractivity (Wildman–Crippen MR) is 92.9 cm³/mol. The highest BCUT2D eigenvalue weighted by Crippen LogP contribution is 2.24. The van der Waals surface area contributed by atoms with Crippen molar-refractivity contribution in [3.05, 3.63) is 65.2 Å². The van der Waals surface area contributed by atoms with E-state index in [1.165, 1.54) is 11.8 Å². The summed E-state index contributed by atoms with van der Waals surface area (Å²) >= 11 is 7.28. The fourth-order valence-electron chi connectivity index (χ4n) is 2.13. The number of carbonyl (C=O) groups is 1. The summed E-state index contributed by atoms with van der Waals surface area (Å²) in [4.78, 5) is 12.2. The second-order valence-electron chi connectivity index (χ2n) is 4.95. The van der Waals surface area contributed by atoms with Crippen molar-refractivity contribution in [2.24, 2.45) is 7.05 Å². The van der Waals surface area contributed by atoms with Gasteiger partial charge < -0.3 is 4.57 Å². The van der Waals surface area contributed by atoms with Crippen LogP contribution in [-0.2, 0) is 7.05 Å². The molecule has 2 aromatic carbocycles. The number of carbonyl (C=O) groups excluding carboxylic acids is 1. The maximum absolute atomic E-state index is 12.2. The molecule has 0 fully saturated rings. The van der Waals surface area contributed by atoms with Gasteiger partial charge in [0, 0.05) is 23.2 Å². The van der Waals surface area contributed by atoms with Crippen LogP contribution in [0.1, 0.15) is 10.4 Å². The lowest BCUT2D eigenvalue weighted by Gasteiger charge is -2.04. The number of nitrogens with zero attached hydrogens (tertiary/aromatic N) is 3. The van der Waals surface area contributed by atoms with E-state index in [1.807, 2.05) is 66.2 Å². The maximum Gasteiger partial charge on any atom is 0.191 e. The molecule has 0 aliphatic carbocycles. The van der Waals surface area contributed by atoms with Gasteiger partial charge in [-0.05, 0) is 24.3 Å². The number of hydrogen-bond acceptors (Lipinski definition) is 4. The Hall–Kier alpha value is -2.11. The monoisotopic (exact) mass is 343 g/mol. The molecule has 3 rings (SSSR count). The van der Waals surface area contributed by atoms with Gasteiger partial charge in [-0.25, -0.2) is 0 Å². The molecule has 0 saturated heterocycles. The molecule has 0 aliphatic rings. The van der Waals surface area contributed by atoms with E-state index in [9.17, 15) is 4.79 Å². The number of thioether (sulfide) groups is 1. The molecular formula is C17H14ClN3OS. The topological polar surface area (TPSA) is 47.8 Å². The fourth-order valence-corrected chi connectivity index (χ4v) is 3.06. The highest BCUT2D eigenvalue weighted by Gasteiger charge is 2.13. The van der Waals surface area contributed by atoms with E-state index in [0.29, 0.717) is 21.5 Å². The number of halogens is 1. The summed E-state index contributed by atoms with van der Waals surface area (Å²) < 4.78 is 1.88. The van der Waals surface area contributed by atoms with E-state index in [0.717, 1.165) is 11.4 Å². The summed E-state index contributed by atoms with van der Waals surface area (Å²) in [5.41, 5.74) is 1.64. The third-order valence-corrected chi connectivity index (χ3v) is 4.64. The summed E-state index contributed by atoms with van der Waals surface area (Å²) in [6, 6.07) is 16.7. The van der Waals surface area contributed by atoms with Crippen LogP contribution >= 0.6 is 23.4 Å². The van der Waals surface area contributed by atoms with E-state index < -0.39 is 0 Å². The van der Waals surface area contributed by atoms with Crippen molar-refractivity contribution in [1.82, 2.24) is 14.8 Å². The third kappa shape index (κ3) is 3.63. The number of ketones is 1. The van der Waals surface area contributed by atoms with Crippen LogP contribution < -0.4 is 0 Å². The molecule has 1 aromatic heterocycles. The molecule has 0 saturated carbocycles. The van der Waals surface area contributed by atoms with Gasteiger partial charge in [0.15, 0.2) is 16.8 Å². The largest absolute Gasteiger partial charge is 0.305 e. The van der Waals surface area contributed by atoms with Crippen molar-refractivity contribution >= 4 is 29.1 Å². The van der Waals surface area contributed by atoms with E-state index in [4.69, 9.17) is 11.6 Å². The third-order valence-electron chi connectivity index (χ3n) is 3.37. The van der Waals surface area contributed by atoms with Crippen molar-refractivity contribution in [1.29, 1.82) is 0 Å². The lowest BCUT2D eigenvalue weighted by atomic mass is 10.2. The second-order valence-corrected chi connectivity index (χ2v) is 6.33. The molecule has 1 heterocycles. The minimum absolute atomic E-state index is 0.0756. The zero-order chi connectivity index (χ0) is 16.2. The molecule has 0 radical (unpaired) electrons. The molecule has 0 amide bonds. The first-order chi connectivity index (χ1) is 11.1. The Morgan fingerprint density at radius 2 is 1.78 bits per heavy atom. The molecule has 0 N–H and O–H groups in total. The highest BCUT2D eigenvalue weighted by molar-refractivity contribution is 7.99. The molecule has 0 spiro atoms. The van der Waals surface area contributed by atoms with Crippen molar-refractivity contribution in [3.63, 3.8) is 0 Å². The van der Waals surface area contributed by atoms with Crippen LogP contribution in [0, 0.1) is 0 Å². The zero-order valence-electron chi connectivity index (χ0n) is 12.4. The first kappa shape index (κ1) is 15.8. The molecule has 0 unspecified atom stereocenters. The molecule has 0 bridgehead atoms. The molecule has 23 heavy (non-hydrogen) atoms. The Balaban J connectivity index is 1.72. The summed E-state index contributed by atoms with van der Waals surface area (Å²) in [6.07, 6.45) is 0. The SMILES string of the molecule is Cn1c(SCC(=O)c2ccccc2)nnc1-c1ccc(Cl)cc1. The van der Waals surface area contributed by atoms with Crippen LogP contribution in [0.5, 0.6) is 0 Å². The van der Waals surface area contributed by atoms with Gasteiger partial charge in [-0.15, -0.1) is 10.2 Å². The van der Waals surface area contributed by atoms with Crippen molar-refractivity contribution in [3.8, 4) is 11.4 Å². The van der Waals surface area contributed by atoms with Gasteiger partial charge in [-0.3, -0.25) is 4.79 Å². The van der Waals surface area contributed by atoms with Gasteiger partial charge in [0.2, 0.25) is 0 Å². The van der Waals surface area contributed by atoms with Crippen LogP contribution in [0.2, 0.25) is 5.02 Å². The predicted octanol–water partition coefficient (Wildman–Crippen LogP) is 4.11. The smallest absolute Gasteiger partial charge is 0.191 e. The van der Waals surface area contributed by atoms with Gasteiger partial charge in [-0.2, -0.15) is 0 Å². The zero-order valence-corrected chi connectivity index (χ0v) is 14.0. The van der Waals surface area contributed by atoms with Gasteiger partial charge >= 0.3 is 0 Å². The molecular weight excluding hydrogens is 330 g/mol. The van der Waals surface area contributed by atoms with Crippen molar-refractivity contribution in [2.75, 3.05) is 5.75 Å². The summed E-state index contributed by atoms with van der Waals surface area (Å²) in [5, 5.41) is 9.76. The second kappa shape index (κ2) is 6.98. The van der Waals surface area contributed by atoms with Crippen molar-refractivity contribution < 1.29 is 4.79 Å². The molecule has 6 heteroatoms. The van der Waals surface area contributed by atoms with Gasteiger partial charge in [0.25, 0.3) is 0 Å². The number of rotatable bonds is 5. The maximum atomic E-state index is 12.2. The Labute approximate surface area is 143 Å². The number of hydrogen-bond donors (Lipinski definition) is 0. The normalized spacial score (nSPS) is 10.7. The highest BCUT2D eigenvalue weighted by atomic mass is 35.5. The van der Waals surface area contributed by atoms with Crippen LogP contribution in [0.15, 0.2) is 59.8 Å². The minimum atomic E-state index is 0.0756. The average molecular weight is 344 g/mol. The van der Waals surface area contributed by atoms with Gasteiger partial charge in [0.05, 0.1) is 5.75 Å². The van der Waals surface area contributed by atoms with E-state index >= 15 is 0 Å². The van der Waals surface area contributed by atoms with Gasteiger partial charge in [0.1, 0.15) is 0 Å². The lowest BCUT2D eigenvalue weighted by molar-refractivity contribution is 0.102. The van der Waals surface area contributed by atoms with Crippen molar-refractivity contribution in [2.45, 2.75) is 5.16 Å². The first-order valence-corrected chi connectivity index (χ1v) is 8.38.